The van der Waals surface area contributed by atoms with Crippen molar-refractivity contribution in [3.05, 3.63) is 34.6 Å². The fraction of sp³-hybridized carbons (Fsp3) is 0.500. The molecule has 1 aliphatic carbocycles. The molecule has 0 amide bonds. The van der Waals surface area contributed by atoms with Gasteiger partial charge in [-0.15, -0.1) is 0 Å². The molecule has 1 aromatic rings. The molecule has 4 heteroatoms. The number of nitriles is 1. The standard InChI is InChI=1S/C14H16ClFN2/c15-13-7-11(3-6-14(13)16)9-18-12-4-1-10(8-17)2-5-12/h3,6-7,10,12,18H,1-2,4-5,9H2. The predicted molar refractivity (Wildman–Crippen MR) is 69.6 cm³/mol. The number of hydrogen-bond donors (Lipinski definition) is 1. The van der Waals surface area contributed by atoms with Gasteiger partial charge in [-0.1, -0.05) is 17.7 Å². The van der Waals surface area contributed by atoms with Crippen molar-refractivity contribution in [1.29, 1.82) is 5.26 Å². The summed E-state index contributed by atoms with van der Waals surface area (Å²) in [6.45, 7) is 0.696. The maximum Gasteiger partial charge on any atom is 0.141 e. The van der Waals surface area contributed by atoms with E-state index in [9.17, 15) is 4.39 Å². The van der Waals surface area contributed by atoms with Gasteiger partial charge in [0.15, 0.2) is 0 Å². The molecular formula is C14H16ClFN2. The number of rotatable bonds is 3. The van der Waals surface area contributed by atoms with Crippen LogP contribution in [-0.2, 0) is 6.54 Å². The van der Waals surface area contributed by atoms with E-state index in [0.717, 1.165) is 31.2 Å². The summed E-state index contributed by atoms with van der Waals surface area (Å²) in [5, 5.41) is 12.4. The molecule has 1 fully saturated rings. The molecule has 0 radical (unpaired) electrons. The van der Waals surface area contributed by atoms with Crippen LogP contribution in [0.3, 0.4) is 0 Å². The van der Waals surface area contributed by atoms with Crippen molar-refractivity contribution in [2.24, 2.45) is 5.92 Å². The molecule has 0 aromatic heterocycles. The van der Waals surface area contributed by atoms with Crippen molar-refractivity contribution in [3.63, 3.8) is 0 Å². The Morgan fingerprint density at radius 1 is 1.33 bits per heavy atom. The Balaban J connectivity index is 1.82. The molecule has 1 N–H and O–H groups in total. The summed E-state index contributed by atoms with van der Waals surface area (Å²) in [6.07, 6.45) is 4.01. The van der Waals surface area contributed by atoms with Gasteiger partial charge in [0, 0.05) is 18.5 Å². The summed E-state index contributed by atoms with van der Waals surface area (Å²) in [6, 6.07) is 7.58. The molecule has 0 atom stereocenters. The number of nitrogens with one attached hydrogen (secondary N) is 1. The maximum absolute atomic E-state index is 13.0. The summed E-state index contributed by atoms with van der Waals surface area (Å²) in [4.78, 5) is 0. The summed E-state index contributed by atoms with van der Waals surface area (Å²) in [5.74, 6) is -0.154. The number of hydrogen-bond acceptors (Lipinski definition) is 2. The monoisotopic (exact) mass is 266 g/mol. The SMILES string of the molecule is N#CC1CCC(NCc2ccc(F)c(Cl)c2)CC1. The minimum Gasteiger partial charge on any atom is -0.310 e. The fourth-order valence-corrected chi connectivity index (χ4v) is 2.54. The van der Waals surface area contributed by atoms with Crippen molar-refractivity contribution in [2.45, 2.75) is 38.3 Å². The van der Waals surface area contributed by atoms with E-state index < -0.39 is 0 Å². The third kappa shape index (κ3) is 3.44. The summed E-state index contributed by atoms with van der Waals surface area (Å²) in [5.41, 5.74) is 0.990. The Kier molecular flexibility index (Phi) is 4.57. The Morgan fingerprint density at radius 3 is 2.67 bits per heavy atom. The Bertz CT molecular complexity index is 448. The van der Waals surface area contributed by atoms with Gasteiger partial charge in [-0.05, 0) is 43.4 Å². The number of benzene rings is 1. The van der Waals surface area contributed by atoms with Crippen molar-refractivity contribution < 1.29 is 4.39 Å². The topological polar surface area (TPSA) is 35.8 Å². The zero-order valence-electron chi connectivity index (χ0n) is 10.1. The van der Waals surface area contributed by atoms with Crippen molar-refractivity contribution in [2.75, 3.05) is 0 Å². The highest BCUT2D eigenvalue weighted by atomic mass is 35.5. The van der Waals surface area contributed by atoms with Gasteiger partial charge in [-0.2, -0.15) is 5.26 Å². The van der Waals surface area contributed by atoms with Crippen LogP contribution in [0.1, 0.15) is 31.2 Å². The van der Waals surface area contributed by atoms with Crippen LogP contribution in [0.2, 0.25) is 5.02 Å². The zero-order valence-corrected chi connectivity index (χ0v) is 10.9. The lowest BCUT2D eigenvalue weighted by Crippen LogP contribution is -2.32. The van der Waals surface area contributed by atoms with E-state index in [4.69, 9.17) is 16.9 Å². The third-order valence-electron chi connectivity index (χ3n) is 3.49. The minimum atomic E-state index is -0.380. The molecule has 1 aromatic carbocycles. The predicted octanol–water partition coefficient (Wildman–Crippen LogP) is 3.65. The quantitative estimate of drug-likeness (QED) is 0.906. The lowest BCUT2D eigenvalue weighted by Gasteiger charge is -2.25. The van der Waals surface area contributed by atoms with E-state index in [0.29, 0.717) is 12.6 Å². The summed E-state index contributed by atoms with van der Waals surface area (Å²) >= 11 is 5.73. The van der Waals surface area contributed by atoms with Crippen LogP contribution in [0.4, 0.5) is 4.39 Å². The smallest absolute Gasteiger partial charge is 0.141 e. The first-order valence-corrected chi connectivity index (χ1v) is 6.64. The lowest BCUT2D eigenvalue weighted by molar-refractivity contribution is 0.331. The lowest BCUT2D eigenvalue weighted by atomic mass is 9.87. The van der Waals surface area contributed by atoms with Gasteiger partial charge in [0.1, 0.15) is 5.82 Å². The van der Waals surface area contributed by atoms with Crippen LogP contribution in [0.25, 0.3) is 0 Å². The molecular weight excluding hydrogens is 251 g/mol. The van der Waals surface area contributed by atoms with E-state index >= 15 is 0 Å². The third-order valence-corrected chi connectivity index (χ3v) is 3.78. The Morgan fingerprint density at radius 2 is 2.06 bits per heavy atom. The average molecular weight is 267 g/mol. The normalized spacial score (nSPS) is 23.6. The summed E-state index contributed by atoms with van der Waals surface area (Å²) < 4.78 is 13.0. The minimum absolute atomic E-state index is 0.169. The molecule has 2 rings (SSSR count). The van der Waals surface area contributed by atoms with Gasteiger partial charge in [0.05, 0.1) is 11.1 Å². The Labute approximate surface area is 112 Å². The van der Waals surface area contributed by atoms with Crippen LogP contribution in [0.15, 0.2) is 18.2 Å². The van der Waals surface area contributed by atoms with Gasteiger partial charge < -0.3 is 5.32 Å². The van der Waals surface area contributed by atoms with E-state index in [1.54, 1.807) is 12.1 Å². The van der Waals surface area contributed by atoms with Crippen molar-refractivity contribution in [1.82, 2.24) is 5.32 Å². The van der Waals surface area contributed by atoms with Crippen molar-refractivity contribution >= 4 is 11.6 Å². The van der Waals surface area contributed by atoms with Crippen LogP contribution < -0.4 is 5.32 Å². The van der Waals surface area contributed by atoms with E-state index in [1.165, 1.54) is 6.07 Å². The van der Waals surface area contributed by atoms with Crippen LogP contribution in [0.5, 0.6) is 0 Å². The first-order valence-electron chi connectivity index (χ1n) is 6.26. The molecule has 0 heterocycles. The van der Waals surface area contributed by atoms with Gasteiger partial charge in [0.2, 0.25) is 0 Å². The van der Waals surface area contributed by atoms with Gasteiger partial charge in [-0.25, -0.2) is 4.39 Å². The zero-order chi connectivity index (χ0) is 13.0. The molecule has 0 spiro atoms. The molecule has 0 bridgehead atoms. The second-order valence-electron chi connectivity index (χ2n) is 4.81. The molecule has 2 nitrogen and oxygen atoms in total. The number of halogens is 2. The van der Waals surface area contributed by atoms with Crippen LogP contribution in [-0.4, -0.2) is 6.04 Å². The van der Waals surface area contributed by atoms with E-state index in [1.807, 2.05) is 0 Å². The largest absolute Gasteiger partial charge is 0.310 e. The highest BCUT2D eigenvalue weighted by Gasteiger charge is 2.20. The first kappa shape index (κ1) is 13.3. The first-order chi connectivity index (χ1) is 8.69. The summed E-state index contributed by atoms with van der Waals surface area (Å²) in [7, 11) is 0. The maximum atomic E-state index is 13.0. The van der Waals surface area contributed by atoms with Gasteiger partial charge >= 0.3 is 0 Å². The van der Waals surface area contributed by atoms with Gasteiger partial charge in [-0.3, -0.25) is 0 Å². The second kappa shape index (κ2) is 6.17. The molecule has 0 saturated heterocycles. The fourth-order valence-electron chi connectivity index (χ4n) is 2.34. The molecule has 0 unspecified atom stereocenters. The van der Waals surface area contributed by atoms with Crippen LogP contribution in [0, 0.1) is 23.1 Å². The van der Waals surface area contributed by atoms with E-state index in [2.05, 4.69) is 11.4 Å². The highest BCUT2D eigenvalue weighted by Crippen LogP contribution is 2.24. The Hall–Kier alpha value is -1.11. The molecule has 1 saturated carbocycles. The highest BCUT2D eigenvalue weighted by molar-refractivity contribution is 6.30. The van der Waals surface area contributed by atoms with Crippen LogP contribution >= 0.6 is 11.6 Å². The van der Waals surface area contributed by atoms with Gasteiger partial charge in [0.25, 0.3) is 0 Å². The molecule has 1 aliphatic rings. The van der Waals surface area contributed by atoms with E-state index in [-0.39, 0.29) is 16.8 Å². The number of nitrogens with zero attached hydrogens (tertiary/aromatic N) is 1. The average Bonchev–Trinajstić information content (AvgIpc) is 2.41. The van der Waals surface area contributed by atoms with Crippen molar-refractivity contribution in [3.8, 4) is 6.07 Å². The molecule has 96 valence electrons. The molecule has 0 aliphatic heterocycles. The molecule has 18 heavy (non-hydrogen) atoms. The second-order valence-corrected chi connectivity index (χ2v) is 5.21.